The number of hydrogen-bond donors (Lipinski definition) is 0. The predicted octanol–water partition coefficient (Wildman–Crippen LogP) is 5.98. The maximum absolute atomic E-state index is 12.1. The Balaban J connectivity index is 5.97. The minimum Gasteiger partial charge on any atom is -0.274 e. The minimum atomic E-state index is -0.370. The van der Waals surface area contributed by atoms with Crippen LogP contribution < -0.4 is 0 Å². The molecule has 0 aliphatic rings. The maximum atomic E-state index is 12.1. The summed E-state index contributed by atoms with van der Waals surface area (Å²) >= 11 is 0. The van der Waals surface area contributed by atoms with E-state index in [9.17, 15) is 4.57 Å². The Labute approximate surface area is 111 Å². The van der Waals surface area contributed by atoms with Crippen molar-refractivity contribution in [1.29, 1.82) is 0 Å². The van der Waals surface area contributed by atoms with Crippen molar-refractivity contribution in [3.05, 3.63) is 0 Å². The van der Waals surface area contributed by atoms with Crippen LogP contribution in [0, 0.1) is 10.8 Å². The molecule has 102 valence electrons. The molecule has 0 aromatic rings. The van der Waals surface area contributed by atoms with Gasteiger partial charge in [-0.15, -0.1) is 0 Å². The van der Waals surface area contributed by atoms with Gasteiger partial charge in [0, 0.05) is 0 Å². The molecule has 0 saturated heterocycles. The Morgan fingerprint density at radius 1 is 0.765 bits per heavy atom. The molecule has 1 nitrogen and oxygen atoms in total. The van der Waals surface area contributed by atoms with Crippen molar-refractivity contribution in [3.8, 4) is 0 Å². The highest BCUT2D eigenvalue weighted by Gasteiger charge is 2.57. The van der Waals surface area contributed by atoms with Crippen molar-refractivity contribution in [2.24, 2.45) is 10.8 Å². The highest BCUT2D eigenvalue weighted by atomic mass is 31.2. The van der Waals surface area contributed by atoms with Gasteiger partial charge in [0.05, 0.1) is 4.90 Å². The molecule has 0 aromatic carbocycles. The van der Waals surface area contributed by atoms with Crippen molar-refractivity contribution in [1.82, 2.24) is 0 Å². The van der Waals surface area contributed by atoms with Gasteiger partial charge in [-0.3, -0.25) is 4.57 Å². The van der Waals surface area contributed by atoms with E-state index in [4.69, 9.17) is 0 Å². The summed E-state index contributed by atoms with van der Waals surface area (Å²) in [6, 6.07) is 0. The van der Waals surface area contributed by atoms with E-state index < -0.39 is 0 Å². The van der Waals surface area contributed by atoms with Crippen LogP contribution >= 0.6 is 16.4 Å². The molecular weight excluding hydrogens is 246 g/mol. The van der Waals surface area contributed by atoms with E-state index in [1.807, 2.05) is 0 Å². The lowest BCUT2D eigenvalue weighted by Crippen LogP contribution is -2.49. The van der Waals surface area contributed by atoms with E-state index in [2.05, 4.69) is 69.0 Å². The molecule has 0 aromatic heterocycles. The molecule has 0 N–H and O–H groups in total. The zero-order valence-corrected chi connectivity index (χ0v) is 15.1. The summed E-state index contributed by atoms with van der Waals surface area (Å²) in [5, 5.41) is 0.216. The molecule has 0 aliphatic carbocycles. The first kappa shape index (κ1) is 17.5. The lowest BCUT2D eigenvalue weighted by molar-refractivity contribution is 0.207. The molecule has 1 atom stereocenters. The van der Waals surface area contributed by atoms with Crippen LogP contribution in [-0.4, -0.2) is 16.7 Å². The lowest BCUT2D eigenvalue weighted by Gasteiger charge is -2.56. The highest BCUT2D eigenvalue weighted by molar-refractivity contribution is 7.68. The summed E-state index contributed by atoms with van der Waals surface area (Å²) in [7, 11) is -0.0705. The third kappa shape index (κ3) is 3.10. The third-order valence-corrected chi connectivity index (χ3v) is 10.8. The molecule has 0 bridgehead atoms. The van der Waals surface area contributed by atoms with Gasteiger partial charge in [-0.05, 0) is 22.7 Å². The Kier molecular flexibility index (Phi) is 5.05. The van der Waals surface area contributed by atoms with Gasteiger partial charge in [-0.2, -0.15) is 0 Å². The van der Waals surface area contributed by atoms with Gasteiger partial charge in [0.15, 0.2) is 8.46 Å². The second-order valence-corrected chi connectivity index (χ2v) is 12.3. The van der Waals surface area contributed by atoms with Gasteiger partial charge >= 0.3 is 0 Å². The first-order valence-electron chi connectivity index (χ1n) is 6.30. The molecule has 0 radical (unpaired) electrons. The summed E-state index contributed by atoms with van der Waals surface area (Å²) in [6.45, 7) is 22.5. The SMILES string of the molecule is CP(C(C)(C)C)C(P=O)(C(C)(C)C)C(C)(C)C. The van der Waals surface area contributed by atoms with Crippen molar-refractivity contribution >= 4 is 16.4 Å². The normalized spacial score (nSPS) is 17.3. The molecule has 3 heteroatoms. The first-order valence-corrected chi connectivity index (χ1v) is 8.90. The van der Waals surface area contributed by atoms with Crippen LogP contribution in [0.5, 0.6) is 0 Å². The van der Waals surface area contributed by atoms with Crippen LogP contribution in [0.25, 0.3) is 0 Å². The predicted molar refractivity (Wildman–Crippen MR) is 81.8 cm³/mol. The largest absolute Gasteiger partial charge is 0.274 e. The van der Waals surface area contributed by atoms with Gasteiger partial charge in [0.1, 0.15) is 0 Å². The molecule has 0 aliphatic heterocycles. The zero-order valence-electron chi connectivity index (χ0n) is 13.3. The van der Waals surface area contributed by atoms with E-state index >= 15 is 0 Å². The molecule has 0 saturated carbocycles. The number of hydrogen-bond acceptors (Lipinski definition) is 1. The van der Waals surface area contributed by atoms with E-state index in [1.54, 1.807) is 0 Å². The molecule has 1 unspecified atom stereocenters. The second-order valence-electron chi connectivity index (χ2n) is 7.99. The Morgan fingerprint density at radius 3 is 1.12 bits per heavy atom. The molecule has 0 spiro atoms. The maximum Gasteiger partial charge on any atom is 0.167 e. The van der Waals surface area contributed by atoms with E-state index in [-0.39, 0.29) is 28.8 Å². The van der Waals surface area contributed by atoms with E-state index in [0.717, 1.165) is 0 Å². The summed E-state index contributed by atoms with van der Waals surface area (Å²) in [6.07, 6.45) is 0. The van der Waals surface area contributed by atoms with Crippen molar-refractivity contribution < 1.29 is 4.57 Å². The average Bonchev–Trinajstić information content (AvgIpc) is 1.98. The summed E-state index contributed by atoms with van der Waals surface area (Å²) in [5.74, 6) is 0. The van der Waals surface area contributed by atoms with Crippen LogP contribution in [0.4, 0.5) is 0 Å². The molecule has 0 rings (SSSR count). The standard InChI is InChI=1S/C14H30OP2/c1-11(2,3)14(16-15,12(4,5)6)17(10)13(7,8)9/h1-10H3. The Hall–Kier alpha value is 0.530. The van der Waals surface area contributed by atoms with E-state index in [0.29, 0.717) is 8.46 Å². The third-order valence-electron chi connectivity index (χ3n) is 3.72. The van der Waals surface area contributed by atoms with E-state index in [1.165, 1.54) is 0 Å². The average molecular weight is 276 g/mol. The van der Waals surface area contributed by atoms with Crippen LogP contribution in [0.3, 0.4) is 0 Å². The molecular formula is C14H30OP2. The van der Waals surface area contributed by atoms with Crippen molar-refractivity contribution in [2.45, 2.75) is 72.4 Å². The first-order chi connectivity index (χ1) is 7.22. The second kappa shape index (κ2) is 4.90. The van der Waals surface area contributed by atoms with Gasteiger partial charge in [-0.1, -0.05) is 70.2 Å². The van der Waals surface area contributed by atoms with Crippen LogP contribution in [0.2, 0.25) is 0 Å². The number of rotatable bonds is 2. The fraction of sp³-hybridized carbons (Fsp3) is 1.00. The van der Waals surface area contributed by atoms with Crippen molar-refractivity contribution in [2.75, 3.05) is 6.66 Å². The van der Waals surface area contributed by atoms with Crippen LogP contribution in [0.15, 0.2) is 0 Å². The minimum absolute atomic E-state index is 0.0300. The monoisotopic (exact) mass is 276 g/mol. The highest BCUT2D eigenvalue weighted by Crippen LogP contribution is 2.73. The van der Waals surface area contributed by atoms with Gasteiger partial charge in [0.2, 0.25) is 0 Å². The van der Waals surface area contributed by atoms with Gasteiger partial charge in [0.25, 0.3) is 0 Å². The smallest absolute Gasteiger partial charge is 0.167 e. The van der Waals surface area contributed by atoms with Crippen molar-refractivity contribution in [3.63, 3.8) is 0 Å². The molecule has 17 heavy (non-hydrogen) atoms. The quantitative estimate of drug-likeness (QED) is 0.567. The molecule has 0 fully saturated rings. The summed E-state index contributed by atoms with van der Waals surface area (Å²) in [5.41, 5.74) is 0.0601. The fourth-order valence-corrected chi connectivity index (χ4v) is 7.87. The summed E-state index contributed by atoms with van der Waals surface area (Å²) < 4.78 is 12.1. The molecule has 0 heterocycles. The lowest BCUT2D eigenvalue weighted by atomic mass is 9.76. The molecule has 0 amide bonds. The van der Waals surface area contributed by atoms with Crippen LogP contribution in [0.1, 0.15) is 62.3 Å². The van der Waals surface area contributed by atoms with Crippen LogP contribution in [-0.2, 0) is 4.57 Å². The Morgan fingerprint density at radius 2 is 1.06 bits per heavy atom. The zero-order chi connectivity index (χ0) is 14.3. The van der Waals surface area contributed by atoms with Gasteiger partial charge in [-0.25, -0.2) is 0 Å². The topological polar surface area (TPSA) is 17.1 Å². The Bertz CT molecular complexity index is 262. The van der Waals surface area contributed by atoms with Gasteiger partial charge < -0.3 is 0 Å². The summed E-state index contributed by atoms with van der Waals surface area (Å²) in [4.78, 5) is -0.159. The fourth-order valence-electron chi connectivity index (χ4n) is 2.95.